The molecule has 0 amide bonds. The molecule has 7 nitrogen and oxygen atoms in total. The van der Waals surface area contributed by atoms with Crippen LogP contribution in [0, 0.1) is 13.8 Å². The molecule has 3 heterocycles. The number of rotatable bonds is 4. The quantitative estimate of drug-likeness (QED) is 0.488. The van der Waals surface area contributed by atoms with Crippen molar-refractivity contribution >= 4 is 21.9 Å². The number of methoxy groups -OCH3 is 1. The number of fused-ring (bicyclic) bond motifs is 3. The summed E-state index contributed by atoms with van der Waals surface area (Å²) >= 11 is 0. The number of aryl methyl sites for hydroxylation is 2. The van der Waals surface area contributed by atoms with Crippen molar-refractivity contribution in [3.63, 3.8) is 0 Å². The predicted octanol–water partition coefficient (Wildman–Crippen LogP) is 4.21. The zero-order valence-corrected chi connectivity index (χ0v) is 16.9. The summed E-state index contributed by atoms with van der Waals surface area (Å²) < 4.78 is 12.4. The molecule has 0 aliphatic carbocycles. The summed E-state index contributed by atoms with van der Waals surface area (Å²) in [7, 11) is 1.63. The van der Waals surface area contributed by atoms with Gasteiger partial charge in [-0.15, -0.1) is 0 Å². The Morgan fingerprint density at radius 2 is 2.03 bits per heavy atom. The second kappa shape index (κ2) is 6.88. The first-order chi connectivity index (χ1) is 14.5. The van der Waals surface area contributed by atoms with Crippen LogP contribution in [-0.4, -0.2) is 26.8 Å². The van der Waals surface area contributed by atoms with Crippen LogP contribution in [0.3, 0.4) is 0 Å². The third kappa shape index (κ3) is 2.86. The Bertz CT molecular complexity index is 1440. The van der Waals surface area contributed by atoms with Crippen LogP contribution in [0.5, 0.6) is 5.75 Å². The number of aromatic nitrogens is 4. The van der Waals surface area contributed by atoms with Gasteiger partial charge in [-0.1, -0.05) is 29.4 Å². The van der Waals surface area contributed by atoms with Gasteiger partial charge in [-0.3, -0.25) is 9.55 Å². The van der Waals surface area contributed by atoms with E-state index in [1.807, 2.05) is 56.3 Å². The van der Waals surface area contributed by atoms with Crippen LogP contribution in [0.4, 0.5) is 0 Å². The predicted molar refractivity (Wildman–Crippen MR) is 115 cm³/mol. The van der Waals surface area contributed by atoms with Gasteiger partial charge < -0.3 is 14.2 Å². The molecule has 7 heteroatoms. The topological polar surface area (TPSA) is 85.9 Å². The smallest absolute Gasteiger partial charge is 0.326 e. The zero-order valence-electron chi connectivity index (χ0n) is 16.9. The number of ether oxygens (including phenoxy) is 1. The van der Waals surface area contributed by atoms with Crippen LogP contribution in [-0.2, 0) is 6.54 Å². The Morgan fingerprint density at radius 1 is 1.17 bits per heavy atom. The molecule has 0 aliphatic rings. The highest BCUT2D eigenvalue weighted by atomic mass is 16.5. The molecule has 3 aromatic heterocycles. The number of benzene rings is 2. The van der Waals surface area contributed by atoms with Crippen molar-refractivity contribution in [2.24, 2.45) is 0 Å². The first kappa shape index (κ1) is 18.2. The van der Waals surface area contributed by atoms with E-state index in [0.717, 1.165) is 50.3 Å². The Morgan fingerprint density at radius 3 is 2.80 bits per heavy atom. The number of nitrogens with zero attached hydrogens (tertiary/aromatic N) is 3. The highest BCUT2D eigenvalue weighted by Gasteiger charge is 2.15. The van der Waals surface area contributed by atoms with Crippen molar-refractivity contribution in [1.82, 2.24) is 19.7 Å². The minimum Gasteiger partial charge on any atom is -0.497 e. The van der Waals surface area contributed by atoms with Crippen molar-refractivity contribution in [3.8, 4) is 16.9 Å². The Balaban J connectivity index is 1.68. The number of hydrogen-bond donors (Lipinski definition) is 1. The maximum Gasteiger partial charge on any atom is 0.326 e. The van der Waals surface area contributed by atoms with Crippen molar-refractivity contribution < 1.29 is 9.26 Å². The molecule has 5 aromatic rings. The average Bonchev–Trinajstić information content (AvgIpc) is 3.26. The fourth-order valence-electron chi connectivity index (χ4n) is 4.00. The van der Waals surface area contributed by atoms with Gasteiger partial charge in [-0.2, -0.15) is 0 Å². The van der Waals surface area contributed by atoms with Gasteiger partial charge in [0, 0.05) is 10.9 Å². The first-order valence-electron chi connectivity index (χ1n) is 9.62. The summed E-state index contributed by atoms with van der Waals surface area (Å²) in [5, 5.41) is 4.95. The molecular formula is C23H20N4O3. The number of hydrogen-bond acceptors (Lipinski definition) is 5. The molecule has 30 heavy (non-hydrogen) atoms. The maximum atomic E-state index is 12.7. The molecule has 2 aromatic carbocycles. The number of pyridine rings is 1. The molecule has 0 unspecified atom stereocenters. The van der Waals surface area contributed by atoms with Gasteiger partial charge in [0.2, 0.25) is 0 Å². The van der Waals surface area contributed by atoms with E-state index >= 15 is 0 Å². The van der Waals surface area contributed by atoms with E-state index in [2.05, 4.69) is 15.1 Å². The lowest BCUT2D eigenvalue weighted by molar-refractivity contribution is 0.393. The van der Waals surface area contributed by atoms with Crippen molar-refractivity contribution in [3.05, 3.63) is 76.2 Å². The normalized spacial score (nSPS) is 11.4. The zero-order chi connectivity index (χ0) is 20.8. The Labute approximate surface area is 171 Å². The van der Waals surface area contributed by atoms with Gasteiger partial charge >= 0.3 is 5.69 Å². The maximum absolute atomic E-state index is 12.7. The summed E-state index contributed by atoms with van der Waals surface area (Å²) in [6, 6.07) is 13.7. The van der Waals surface area contributed by atoms with Gasteiger partial charge in [0.05, 0.1) is 42.1 Å². The second-order valence-electron chi connectivity index (χ2n) is 7.32. The SMILES string of the molecule is COc1cccc(Cn2c(=O)[nH]c3cnc4cc(-c5c(C)noc5C)ccc4c32)c1. The third-order valence-electron chi connectivity index (χ3n) is 5.39. The van der Waals surface area contributed by atoms with Gasteiger partial charge in [-0.05, 0) is 43.2 Å². The van der Waals surface area contributed by atoms with E-state index in [1.54, 1.807) is 17.9 Å². The number of H-pyrrole nitrogens is 1. The molecule has 150 valence electrons. The van der Waals surface area contributed by atoms with Crippen LogP contribution in [0.1, 0.15) is 17.0 Å². The van der Waals surface area contributed by atoms with Crippen LogP contribution >= 0.6 is 0 Å². The van der Waals surface area contributed by atoms with Gasteiger partial charge in [0.25, 0.3) is 0 Å². The van der Waals surface area contributed by atoms with Crippen molar-refractivity contribution in [1.29, 1.82) is 0 Å². The van der Waals surface area contributed by atoms with Gasteiger partial charge in [-0.25, -0.2) is 4.79 Å². The highest BCUT2D eigenvalue weighted by molar-refractivity contribution is 6.03. The molecule has 0 atom stereocenters. The minimum absolute atomic E-state index is 0.170. The van der Waals surface area contributed by atoms with E-state index in [0.29, 0.717) is 12.1 Å². The monoisotopic (exact) mass is 400 g/mol. The lowest BCUT2D eigenvalue weighted by Gasteiger charge is -2.09. The molecule has 5 rings (SSSR count). The van der Waals surface area contributed by atoms with E-state index in [1.165, 1.54) is 0 Å². The highest BCUT2D eigenvalue weighted by Crippen LogP contribution is 2.31. The largest absolute Gasteiger partial charge is 0.497 e. The lowest BCUT2D eigenvalue weighted by Crippen LogP contribution is -2.17. The van der Waals surface area contributed by atoms with Crippen molar-refractivity contribution in [2.75, 3.05) is 7.11 Å². The van der Waals surface area contributed by atoms with Crippen LogP contribution in [0.2, 0.25) is 0 Å². The summed E-state index contributed by atoms with van der Waals surface area (Å²) in [5.41, 5.74) is 5.96. The summed E-state index contributed by atoms with van der Waals surface area (Å²) in [4.78, 5) is 20.2. The standard InChI is InChI=1S/C23H20N4O3/c1-13-21(14(2)30-26-13)16-7-8-18-19(10-16)24-11-20-22(18)27(23(28)25-20)12-15-5-4-6-17(9-15)29-3/h4-11H,12H2,1-3H3,(H,25,28). The fourth-order valence-corrected chi connectivity index (χ4v) is 4.00. The van der Waals surface area contributed by atoms with Crippen LogP contribution < -0.4 is 10.4 Å². The molecule has 0 radical (unpaired) electrons. The molecule has 0 bridgehead atoms. The average molecular weight is 400 g/mol. The van der Waals surface area contributed by atoms with E-state index in [4.69, 9.17) is 9.26 Å². The third-order valence-corrected chi connectivity index (χ3v) is 5.39. The Kier molecular flexibility index (Phi) is 4.17. The lowest BCUT2D eigenvalue weighted by atomic mass is 10.0. The molecule has 0 aliphatic heterocycles. The fraction of sp³-hybridized carbons (Fsp3) is 0.174. The Hall–Kier alpha value is -3.87. The summed E-state index contributed by atoms with van der Waals surface area (Å²) in [5.74, 6) is 1.53. The first-order valence-corrected chi connectivity index (χ1v) is 9.62. The molecule has 0 fully saturated rings. The summed E-state index contributed by atoms with van der Waals surface area (Å²) in [6.45, 7) is 4.25. The number of aromatic amines is 1. The van der Waals surface area contributed by atoms with E-state index in [9.17, 15) is 4.79 Å². The number of imidazole rings is 1. The molecule has 1 N–H and O–H groups in total. The second-order valence-corrected chi connectivity index (χ2v) is 7.32. The molecule has 0 saturated carbocycles. The van der Waals surface area contributed by atoms with Gasteiger partial charge in [0.15, 0.2) is 0 Å². The summed E-state index contributed by atoms with van der Waals surface area (Å²) in [6.07, 6.45) is 1.71. The van der Waals surface area contributed by atoms with Crippen LogP contribution in [0.25, 0.3) is 33.1 Å². The van der Waals surface area contributed by atoms with E-state index < -0.39 is 0 Å². The molecular weight excluding hydrogens is 380 g/mol. The molecule has 0 spiro atoms. The number of nitrogens with one attached hydrogen (secondary N) is 1. The molecule has 0 saturated heterocycles. The minimum atomic E-state index is -0.170. The van der Waals surface area contributed by atoms with Crippen molar-refractivity contribution in [2.45, 2.75) is 20.4 Å². The van der Waals surface area contributed by atoms with Gasteiger partial charge in [0.1, 0.15) is 11.5 Å². The van der Waals surface area contributed by atoms with E-state index in [-0.39, 0.29) is 5.69 Å². The van der Waals surface area contributed by atoms with Crippen LogP contribution in [0.15, 0.2) is 58.0 Å².